The minimum Gasteiger partial charge on any atom is -0.388 e. The fraction of sp³-hybridized carbons (Fsp3) is 0.160. The van der Waals surface area contributed by atoms with E-state index in [-0.39, 0.29) is 0 Å². The van der Waals surface area contributed by atoms with E-state index >= 15 is 0 Å². The predicted octanol–water partition coefficient (Wildman–Crippen LogP) is 5.02. The summed E-state index contributed by atoms with van der Waals surface area (Å²) >= 11 is 0. The first-order chi connectivity index (χ1) is 14.2. The van der Waals surface area contributed by atoms with Crippen LogP contribution in [0.5, 0.6) is 0 Å². The van der Waals surface area contributed by atoms with Gasteiger partial charge >= 0.3 is 0 Å². The van der Waals surface area contributed by atoms with Crippen LogP contribution in [0.4, 0.5) is 11.4 Å². The molecule has 0 bridgehead atoms. The van der Waals surface area contributed by atoms with Gasteiger partial charge in [0.2, 0.25) is 0 Å². The lowest BCUT2D eigenvalue weighted by atomic mass is 10.1. The molecule has 0 unspecified atom stereocenters. The van der Waals surface area contributed by atoms with Crippen molar-refractivity contribution in [3.8, 4) is 0 Å². The molecule has 0 saturated heterocycles. The van der Waals surface area contributed by atoms with Crippen LogP contribution in [-0.2, 0) is 6.42 Å². The highest BCUT2D eigenvalue weighted by Crippen LogP contribution is 2.19. The van der Waals surface area contributed by atoms with Gasteiger partial charge in [-0.25, -0.2) is 0 Å². The van der Waals surface area contributed by atoms with Crippen molar-refractivity contribution in [2.24, 2.45) is 4.99 Å². The Bertz CT molecular complexity index is 990. The van der Waals surface area contributed by atoms with E-state index in [2.05, 4.69) is 87.7 Å². The fourth-order valence-electron chi connectivity index (χ4n) is 3.14. The molecule has 0 radical (unpaired) electrons. The Morgan fingerprint density at radius 3 is 2.14 bits per heavy atom. The Balaban J connectivity index is 1.94. The fourth-order valence-corrected chi connectivity index (χ4v) is 3.14. The molecule has 3 aromatic rings. The molecule has 0 saturated carbocycles. The molecule has 0 amide bonds. The summed E-state index contributed by atoms with van der Waals surface area (Å²) in [4.78, 5) is 4.49. The van der Waals surface area contributed by atoms with Crippen LogP contribution in [0.1, 0.15) is 16.7 Å². The van der Waals surface area contributed by atoms with Gasteiger partial charge in [0.05, 0.1) is 0 Å². The number of nitrogens with one attached hydrogen (secondary N) is 3. The lowest BCUT2D eigenvalue weighted by Crippen LogP contribution is -2.23. The number of aliphatic imine (C=N–C) groups is 1. The highest BCUT2D eigenvalue weighted by atomic mass is 15.0. The van der Waals surface area contributed by atoms with Crippen molar-refractivity contribution in [2.45, 2.75) is 6.42 Å². The Hall–Kier alpha value is -3.53. The highest BCUT2D eigenvalue weighted by Gasteiger charge is 2.08. The van der Waals surface area contributed by atoms with Gasteiger partial charge in [-0.15, -0.1) is 0 Å². The van der Waals surface area contributed by atoms with Gasteiger partial charge < -0.3 is 16.0 Å². The summed E-state index contributed by atoms with van der Waals surface area (Å²) in [6, 6.07) is 27.0. The van der Waals surface area contributed by atoms with Gasteiger partial charge in [0, 0.05) is 43.8 Å². The van der Waals surface area contributed by atoms with E-state index in [9.17, 15) is 0 Å². The summed E-state index contributed by atoms with van der Waals surface area (Å²) in [7, 11) is 5.68. The van der Waals surface area contributed by atoms with Crippen molar-refractivity contribution in [3.05, 3.63) is 102 Å². The average molecular weight is 385 g/mol. The maximum absolute atomic E-state index is 4.49. The molecule has 4 nitrogen and oxygen atoms in total. The SMILES string of the molecule is CN=C(N/C(=C\Cc1cccc(NC)c1)c1cccc(NC)c1)c1ccccc1. The van der Waals surface area contributed by atoms with Gasteiger partial charge in [0.15, 0.2) is 0 Å². The third-order valence-corrected chi connectivity index (χ3v) is 4.74. The molecule has 148 valence electrons. The molecule has 29 heavy (non-hydrogen) atoms. The zero-order valence-corrected chi connectivity index (χ0v) is 17.2. The quantitative estimate of drug-likeness (QED) is 0.396. The predicted molar refractivity (Wildman–Crippen MR) is 126 cm³/mol. The number of anilines is 2. The molecule has 0 aliphatic heterocycles. The second-order valence-electron chi connectivity index (χ2n) is 6.67. The number of amidine groups is 1. The molecule has 0 spiro atoms. The Morgan fingerprint density at radius 1 is 0.793 bits per heavy atom. The molecule has 0 aliphatic carbocycles. The summed E-state index contributed by atoms with van der Waals surface area (Å²) in [5.74, 6) is 0.843. The number of allylic oxidation sites excluding steroid dienone is 1. The first-order valence-corrected chi connectivity index (χ1v) is 9.77. The van der Waals surface area contributed by atoms with Gasteiger partial charge in [-0.1, -0.05) is 60.7 Å². The molecule has 3 rings (SSSR count). The second-order valence-corrected chi connectivity index (χ2v) is 6.67. The van der Waals surface area contributed by atoms with E-state index < -0.39 is 0 Å². The standard InChI is InChI=1S/C25H28N4/c1-26-22-13-7-9-19(17-22)15-16-24(21-12-8-14-23(18-21)27-2)29-25(28-3)20-10-5-4-6-11-20/h4-14,16-18,26-27H,15H2,1-3H3,(H,28,29)/b24-16-. The number of hydrogen-bond donors (Lipinski definition) is 3. The van der Waals surface area contributed by atoms with Crippen molar-refractivity contribution in [3.63, 3.8) is 0 Å². The van der Waals surface area contributed by atoms with Gasteiger partial charge in [0.1, 0.15) is 5.84 Å². The van der Waals surface area contributed by atoms with E-state index in [4.69, 9.17) is 0 Å². The van der Waals surface area contributed by atoms with Gasteiger partial charge in [0.25, 0.3) is 0 Å². The third-order valence-electron chi connectivity index (χ3n) is 4.74. The van der Waals surface area contributed by atoms with Crippen molar-refractivity contribution >= 4 is 22.9 Å². The van der Waals surface area contributed by atoms with Crippen LogP contribution < -0.4 is 16.0 Å². The number of rotatable bonds is 7. The van der Waals surface area contributed by atoms with E-state index in [1.165, 1.54) is 5.56 Å². The van der Waals surface area contributed by atoms with Crippen LogP contribution in [0.25, 0.3) is 5.70 Å². The van der Waals surface area contributed by atoms with Crippen LogP contribution in [-0.4, -0.2) is 27.0 Å². The molecular weight excluding hydrogens is 356 g/mol. The zero-order valence-electron chi connectivity index (χ0n) is 17.2. The summed E-state index contributed by atoms with van der Waals surface area (Å²) in [6.07, 6.45) is 3.03. The molecule has 3 aromatic carbocycles. The maximum atomic E-state index is 4.49. The zero-order chi connectivity index (χ0) is 20.5. The van der Waals surface area contributed by atoms with Crippen molar-refractivity contribution in [1.82, 2.24) is 5.32 Å². The van der Waals surface area contributed by atoms with Crippen LogP contribution in [0.15, 0.2) is 89.9 Å². The van der Waals surface area contributed by atoms with Crippen molar-refractivity contribution < 1.29 is 0 Å². The lowest BCUT2D eigenvalue weighted by molar-refractivity contribution is 1.19. The Morgan fingerprint density at radius 2 is 1.45 bits per heavy atom. The van der Waals surface area contributed by atoms with Crippen LogP contribution in [0.2, 0.25) is 0 Å². The topological polar surface area (TPSA) is 48.5 Å². The number of benzene rings is 3. The number of hydrogen-bond acceptors (Lipinski definition) is 3. The van der Waals surface area contributed by atoms with Gasteiger partial charge in [-0.2, -0.15) is 0 Å². The highest BCUT2D eigenvalue weighted by molar-refractivity contribution is 6.03. The summed E-state index contributed by atoms with van der Waals surface area (Å²) < 4.78 is 0. The molecular formula is C25H28N4. The Kier molecular flexibility index (Phi) is 7.06. The van der Waals surface area contributed by atoms with Gasteiger partial charge in [-0.05, 0) is 41.8 Å². The minimum absolute atomic E-state index is 0.813. The Labute approximate surface area is 173 Å². The molecule has 4 heteroatoms. The molecule has 0 aliphatic rings. The van der Waals surface area contributed by atoms with Crippen molar-refractivity contribution in [1.29, 1.82) is 0 Å². The normalized spacial score (nSPS) is 11.8. The summed E-state index contributed by atoms with van der Waals surface area (Å²) in [6.45, 7) is 0. The second kappa shape index (κ2) is 10.1. The molecule has 3 N–H and O–H groups in total. The number of nitrogens with zero attached hydrogens (tertiary/aromatic N) is 1. The van der Waals surface area contributed by atoms with Crippen LogP contribution in [0.3, 0.4) is 0 Å². The van der Waals surface area contributed by atoms with E-state index in [0.29, 0.717) is 0 Å². The third kappa shape index (κ3) is 5.48. The monoisotopic (exact) mass is 384 g/mol. The minimum atomic E-state index is 0.813. The smallest absolute Gasteiger partial charge is 0.132 e. The summed E-state index contributed by atoms with van der Waals surface area (Å²) in [5.41, 5.74) is 6.63. The molecule has 0 aromatic heterocycles. The molecule has 0 fully saturated rings. The maximum Gasteiger partial charge on any atom is 0.132 e. The lowest BCUT2D eigenvalue weighted by Gasteiger charge is -2.15. The first kappa shape index (κ1) is 20.2. The van der Waals surface area contributed by atoms with Crippen LogP contribution >= 0.6 is 0 Å². The average Bonchev–Trinajstić information content (AvgIpc) is 2.80. The van der Waals surface area contributed by atoms with Crippen molar-refractivity contribution in [2.75, 3.05) is 31.8 Å². The first-order valence-electron chi connectivity index (χ1n) is 9.77. The molecule has 0 atom stereocenters. The van der Waals surface area contributed by atoms with E-state index in [1.807, 2.05) is 39.3 Å². The van der Waals surface area contributed by atoms with Crippen LogP contribution in [0, 0.1) is 0 Å². The summed E-state index contributed by atoms with van der Waals surface area (Å²) in [5, 5.41) is 9.97. The largest absolute Gasteiger partial charge is 0.388 e. The van der Waals surface area contributed by atoms with E-state index in [1.54, 1.807) is 0 Å². The van der Waals surface area contributed by atoms with E-state index in [0.717, 1.165) is 40.5 Å². The molecule has 0 heterocycles. The van der Waals surface area contributed by atoms with Gasteiger partial charge in [-0.3, -0.25) is 4.99 Å².